The molecule has 206 valence electrons. The van der Waals surface area contributed by atoms with Gasteiger partial charge < -0.3 is 19.8 Å². The van der Waals surface area contributed by atoms with E-state index in [0.717, 1.165) is 25.1 Å². The minimum absolute atomic E-state index is 0.0559. The number of amides is 2. The molecule has 2 aliphatic heterocycles. The van der Waals surface area contributed by atoms with Crippen LogP contribution in [0.1, 0.15) is 24.1 Å². The number of carbonyl (C=O) groups excluding carboxylic acids is 1. The molecule has 3 aromatic rings. The number of benzene rings is 1. The third kappa shape index (κ3) is 5.56. The first-order valence-electron chi connectivity index (χ1n) is 12.3. The zero-order valence-corrected chi connectivity index (χ0v) is 20.9. The number of nitrogens with one attached hydrogen (secondary N) is 1. The number of aliphatic hydroxyl groups excluding tert-OH is 2. The second-order valence-corrected chi connectivity index (χ2v) is 9.29. The lowest BCUT2D eigenvalue weighted by Crippen LogP contribution is -2.56. The van der Waals surface area contributed by atoms with E-state index < -0.39 is 30.5 Å². The molecule has 1 saturated heterocycles. The van der Waals surface area contributed by atoms with Crippen molar-refractivity contribution in [2.24, 2.45) is 0 Å². The number of fused-ring (bicyclic) bond motifs is 4. The minimum atomic E-state index is -4.53. The molecule has 0 aliphatic carbocycles. The number of aromatic nitrogens is 4. The van der Waals surface area contributed by atoms with Crippen molar-refractivity contribution < 1.29 is 32.9 Å². The number of piperidine rings is 1. The lowest BCUT2D eigenvalue weighted by molar-refractivity contribution is -0.137. The molecule has 0 radical (unpaired) electrons. The summed E-state index contributed by atoms with van der Waals surface area (Å²) >= 11 is 0. The summed E-state index contributed by atoms with van der Waals surface area (Å²) in [5, 5.41) is 21.1. The Kier molecular flexibility index (Phi) is 7.23. The van der Waals surface area contributed by atoms with E-state index in [4.69, 9.17) is 9.84 Å². The molecule has 0 spiro atoms. The predicted octanol–water partition coefficient (Wildman–Crippen LogP) is 3.01. The van der Waals surface area contributed by atoms with Crippen molar-refractivity contribution in [2.45, 2.75) is 38.1 Å². The molecular weight excluding hydrogens is 519 g/mol. The van der Waals surface area contributed by atoms with Gasteiger partial charge in [-0.05, 0) is 31.9 Å². The number of ether oxygens (including phenoxy) is 1. The fourth-order valence-corrected chi connectivity index (χ4v) is 4.73. The van der Waals surface area contributed by atoms with Crippen LogP contribution in [0.3, 0.4) is 0 Å². The highest BCUT2D eigenvalue weighted by Gasteiger charge is 2.40. The minimum Gasteiger partial charge on any atom is -0.475 e. The van der Waals surface area contributed by atoms with Crippen molar-refractivity contribution in [3.05, 3.63) is 47.8 Å². The van der Waals surface area contributed by atoms with Crippen LogP contribution >= 0.6 is 0 Å². The molecular formula is C25H26F3N7O4. The summed E-state index contributed by atoms with van der Waals surface area (Å²) in [6.07, 6.45) is -2.72. The molecule has 0 unspecified atom stereocenters. The summed E-state index contributed by atoms with van der Waals surface area (Å²) in [4.78, 5) is 34.5. The number of nitrogens with zero attached hydrogens (tertiary/aromatic N) is 6. The fraction of sp³-hybridized carbons (Fsp3) is 0.400. The van der Waals surface area contributed by atoms with Gasteiger partial charge in [-0.15, -0.1) is 0 Å². The molecule has 11 nitrogen and oxygen atoms in total. The smallest absolute Gasteiger partial charge is 0.416 e. The Bertz CT molecular complexity index is 1370. The van der Waals surface area contributed by atoms with E-state index in [9.17, 15) is 23.1 Å². The number of carbonyl (C=O) groups is 1. The van der Waals surface area contributed by atoms with Crippen LogP contribution in [0.5, 0.6) is 5.88 Å². The van der Waals surface area contributed by atoms with Crippen molar-refractivity contribution in [2.75, 3.05) is 41.4 Å². The van der Waals surface area contributed by atoms with Crippen molar-refractivity contribution in [1.82, 2.24) is 19.9 Å². The van der Waals surface area contributed by atoms with Crippen LogP contribution in [0, 0.1) is 6.92 Å². The zero-order valence-electron chi connectivity index (χ0n) is 20.9. The predicted molar refractivity (Wildman–Crippen MR) is 135 cm³/mol. The fourth-order valence-electron chi connectivity index (χ4n) is 4.73. The average Bonchev–Trinajstić information content (AvgIpc) is 2.91. The maximum absolute atomic E-state index is 13.6. The monoisotopic (exact) mass is 545 g/mol. The normalized spacial score (nSPS) is 17.4. The summed E-state index contributed by atoms with van der Waals surface area (Å²) in [6, 6.07) is 5.39. The van der Waals surface area contributed by atoms with E-state index in [1.165, 1.54) is 29.3 Å². The topological polar surface area (TPSA) is 137 Å². The number of hydrogen-bond donors (Lipinski definition) is 3. The second kappa shape index (κ2) is 10.6. The molecule has 2 aromatic heterocycles. The second-order valence-electron chi connectivity index (χ2n) is 9.29. The summed E-state index contributed by atoms with van der Waals surface area (Å²) < 4.78 is 45.4. The molecule has 0 saturated carbocycles. The van der Waals surface area contributed by atoms with Gasteiger partial charge in [0.25, 0.3) is 0 Å². The van der Waals surface area contributed by atoms with Gasteiger partial charge in [-0.3, -0.25) is 10.2 Å². The van der Waals surface area contributed by atoms with Gasteiger partial charge in [0.1, 0.15) is 18.4 Å². The first kappa shape index (κ1) is 26.6. The molecule has 14 heteroatoms. The summed E-state index contributed by atoms with van der Waals surface area (Å²) in [7, 11) is 0. The lowest BCUT2D eigenvalue weighted by atomic mass is 9.99. The Morgan fingerprint density at radius 3 is 2.85 bits per heavy atom. The van der Waals surface area contributed by atoms with E-state index >= 15 is 0 Å². The Morgan fingerprint density at radius 1 is 1.26 bits per heavy atom. The number of urea groups is 1. The van der Waals surface area contributed by atoms with Crippen LogP contribution in [0.2, 0.25) is 0 Å². The lowest BCUT2D eigenvalue weighted by Gasteiger charge is -2.46. The van der Waals surface area contributed by atoms with Crippen LogP contribution in [-0.2, 0) is 6.18 Å². The molecule has 2 amide bonds. The van der Waals surface area contributed by atoms with E-state index in [2.05, 4.69) is 30.2 Å². The van der Waals surface area contributed by atoms with Crippen LogP contribution < -0.4 is 19.9 Å². The van der Waals surface area contributed by atoms with Crippen molar-refractivity contribution >= 4 is 23.5 Å². The van der Waals surface area contributed by atoms with Gasteiger partial charge >= 0.3 is 12.2 Å². The summed E-state index contributed by atoms with van der Waals surface area (Å²) in [5.41, 5.74) is 0.549. The molecule has 3 N–H and O–H groups in total. The third-order valence-corrected chi connectivity index (χ3v) is 6.50. The van der Waals surface area contributed by atoms with Gasteiger partial charge in [-0.25, -0.2) is 19.7 Å². The van der Waals surface area contributed by atoms with Crippen LogP contribution in [-0.4, -0.2) is 74.6 Å². The number of aliphatic hydroxyl groups is 2. The molecule has 2 bridgehead atoms. The standard InChI is InChI=1S/C25H26F3N7O4/c1-14-20-22(32-21(30-14)15-4-2-5-16(10-15)25(26,27)28)35(17-6-3-9-34(20)11-17)24(38)33-23-29-8-7-19(31-23)39-13-18(37)12-36/h2,4-5,7-8,10,17-18,36-37H,3,6,9,11-13H2,1H3,(H,29,31,33,38)/t17-,18-/m0/s1. The Morgan fingerprint density at radius 2 is 2.08 bits per heavy atom. The highest BCUT2D eigenvalue weighted by atomic mass is 19.4. The SMILES string of the molecule is Cc1nc(-c2cccc(C(F)(F)F)c2)nc2c1N1CCC[C@@H](C1)N2C(=O)Nc1nccc(OC[C@@H](O)CO)n1. The molecule has 39 heavy (non-hydrogen) atoms. The number of rotatable bonds is 6. The Hall–Kier alpha value is -4.04. The number of alkyl halides is 3. The molecule has 4 heterocycles. The number of aryl methyl sites for hydroxylation is 1. The van der Waals surface area contributed by atoms with Gasteiger partial charge in [-0.1, -0.05) is 12.1 Å². The van der Waals surface area contributed by atoms with E-state index in [-0.39, 0.29) is 35.9 Å². The zero-order chi connectivity index (χ0) is 27.7. The molecule has 1 aromatic carbocycles. The highest BCUT2D eigenvalue weighted by molar-refractivity contribution is 6.04. The van der Waals surface area contributed by atoms with Crippen molar-refractivity contribution in [3.63, 3.8) is 0 Å². The number of hydrogen-bond acceptors (Lipinski definition) is 9. The first-order chi connectivity index (χ1) is 18.6. The average molecular weight is 546 g/mol. The van der Waals surface area contributed by atoms with Gasteiger partial charge in [0.05, 0.1) is 23.9 Å². The Labute approximate surface area is 221 Å². The largest absolute Gasteiger partial charge is 0.475 e. The quantitative estimate of drug-likeness (QED) is 0.427. The molecule has 2 atom stereocenters. The van der Waals surface area contributed by atoms with Crippen LogP contribution in [0.25, 0.3) is 11.4 Å². The molecule has 5 rings (SSSR count). The van der Waals surface area contributed by atoms with E-state index in [0.29, 0.717) is 30.2 Å². The maximum Gasteiger partial charge on any atom is 0.416 e. The van der Waals surface area contributed by atoms with Gasteiger partial charge in [0, 0.05) is 30.9 Å². The van der Waals surface area contributed by atoms with Gasteiger partial charge in [0.2, 0.25) is 11.8 Å². The highest BCUT2D eigenvalue weighted by Crippen LogP contribution is 2.41. The number of anilines is 3. The summed E-state index contributed by atoms with van der Waals surface area (Å²) in [6.45, 7) is 2.36. The van der Waals surface area contributed by atoms with Gasteiger partial charge in [-0.2, -0.15) is 18.2 Å². The maximum atomic E-state index is 13.6. The molecule has 2 aliphatic rings. The first-order valence-corrected chi connectivity index (χ1v) is 12.3. The summed E-state index contributed by atoms with van der Waals surface area (Å²) in [5.74, 6) is 0.396. The van der Waals surface area contributed by atoms with Crippen molar-refractivity contribution in [1.29, 1.82) is 0 Å². The van der Waals surface area contributed by atoms with E-state index in [1.54, 1.807) is 6.92 Å². The molecule has 1 fully saturated rings. The van der Waals surface area contributed by atoms with Gasteiger partial charge in [0.15, 0.2) is 11.6 Å². The van der Waals surface area contributed by atoms with Crippen molar-refractivity contribution in [3.8, 4) is 17.3 Å². The Balaban J connectivity index is 1.48. The van der Waals surface area contributed by atoms with Crippen LogP contribution in [0.4, 0.5) is 35.4 Å². The van der Waals surface area contributed by atoms with Crippen LogP contribution in [0.15, 0.2) is 36.5 Å². The number of halogens is 3. The third-order valence-electron chi connectivity index (χ3n) is 6.50. The van der Waals surface area contributed by atoms with E-state index in [1.807, 2.05) is 0 Å².